The fourth-order valence-electron chi connectivity index (χ4n) is 2.06. The highest BCUT2D eigenvalue weighted by Crippen LogP contribution is 2.29. The minimum atomic E-state index is -4.80. The van der Waals surface area contributed by atoms with Crippen LogP contribution in [0.2, 0.25) is 0 Å². The standard InChI is InChI=1S/C15H10F6N4O2/c16-14(17,18)8-25(11(26)5-6-22)7-9-1-3-10(4-2-9)12-23-13(27-24-12)15(19,20)21/h1-4H,5,7-8H2. The Morgan fingerprint density at radius 3 is 2.26 bits per heavy atom. The van der Waals surface area contributed by atoms with E-state index in [9.17, 15) is 31.1 Å². The van der Waals surface area contributed by atoms with Crippen molar-refractivity contribution in [2.45, 2.75) is 25.3 Å². The summed E-state index contributed by atoms with van der Waals surface area (Å²) in [5.41, 5.74) is 0.414. The second kappa shape index (κ2) is 7.65. The molecule has 2 aromatic rings. The number of nitrogens with zero attached hydrogens (tertiary/aromatic N) is 4. The molecule has 0 unspecified atom stereocenters. The molecule has 0 fully saturated rings. The molecule has 0 aliphatic heterocycles. The predicted octanol–water partition coefficient (Wildman–Crippen LogP) is 3.56. The second-order valence-corrected chi connectivity index (χ2v) is 5.32. The van der Waals surface area contributed by atoms with Gasteiger partial charge in [-0.15, -0.1) is 0 Å². The highest BCUT2D eigenvalue weighted by atomic mass is 19.4. The molecule has 0 radical (unpaired) electrons. The fraction of sp³-hybridized carbons (Fsp3) is 0.333. The zero-order valence-electron chi connectivity index (χ0n) is 13.3. The molecule has 1 amide bonds. The Labute approximate surface area is 148 Å². The van der Waals surface area contributed by atoms with E-state index in [-0.39, 0.29) is 17.0 Å². The topological polar surface area (TPSA) is 83.0 Å². The minimum Gasteiger partial charge on any atom is -0.329 e. The quantitative estimate of drug-likeness (QED) is 0.727. The van der Waals surface area contributed by atoms with Gasteiger partial charge in [0.25, 0.3) is 0 Å². The number of carbonyl (C=O) groups is 1. The van der Waals surface area contributed by atoms with E-state index < -0.39 is 43.7 Å². The number of hydrogen-bond acceptors (Lipinski definition) is 5. The summed E-state index contributed by atoms with van der Waals surface area (Å²) in [7, 11) is 0. The lowest BCUT2D eigenvalue weighted by molar-refractivity contribution is -0.161. The maximum absolute atomic E-state index is 12.6. The van der Waals surface area contributed by atoms with Gasteiger partial charge in [-0.3, -0.25) is 4.79 Å². The molecule has 0 N–H and O–H groups in total. The van der Waals surface area contributed by atoms with E-state index in [1.54, 1.807) is 0 Å². The van der Waals surface area contributed by atoms with Gasteiger partial charge in [-0.1, -0.05) is 29.4 Å². The van der Waals surface area contributed by atoms with Gasteiger partial charge in [-0.25, -0.2) is 0 Å². The maximum atomic E-state index is 12.6. The van der Waals surface area contributed by atoms with Crippen LogP contribution in [0.3, 0.4) is 0 Å². The first-order valence-corrected chi connectivity index (χ1v) is 7.21. The van der Waals surface area contributed by atoms with Crippen molar-refractivity contribution in [3.05, 3.63) is 35.7 Å². The van der Waals surface area contributed by atoms with Crippen molar-refractivity contribution in [2.24, 2.45) is 0 Å². The van der Waals surface area contributed by atoms with Crippen LogP contribution in [0.4, 0.5) is 26.3 Å². The number of alkyl halides is 6. The molecule has 0 saturated heterocycles. The molecule has 6 nitrogen and oxygen atoms in total. The largest absolute Gasteiger partial charge is 0.471 e. The summed E-state index contributed by atoms with van der Waals surface area (Å²) >= 11 is 0. The minimum absolute atomic E-state index is 0.142. The van der Waals surface area contributed by atoms with Crippen molar-refractivity contribution in [1.82, 2.24) is 15.0 Å². The molecule has 1 heterocycles. The maximum Gasteiger partial charge on any atom is 0.471 e. The summed E-state index contributed by atoms with van der Waals surface area (Å²) in [6, 6.07) is 6.66. The van der Waals surface area contributed by atoms with Gasteiger partial charge in [-0.2, -0.15) is 36.6 Å². The van der Waals surface area contributed by atoms with Crippen molar-refractivity contribution in [2.75, 3.05) is 6.54 Å². The molecule has 27 heavy (non-hydrogen) atoms. The molecule has 0 aliphatic carbocycles. The summed E-state index contributed by atoms with van der Waals surface area (Å²) in [5.74, 6) is -2.87. The molecular formula is C15H10F6N4O2. The lowest BCUT2D eigenvalue weighted by atomic mass is 10.1. The molecule has 0 aliphatic rings. The van der Waals surface area contributed by atoms with Crippen LogP contribution in [0.25, 0.3) is 11.4 Å². The molecule has 2 rings (SSSR count). The molecule has 144 valence electrons. The Balaban J connectivity index is 2.16. The van der Waals surface area contributed by atoms with Crippen molar-refractivity contribution < 1.29 is 35.7 Å². The smallest absolute Gasteiger partial charge is 0.329 e. The monoisotopic (exact) mass is 392 g/mol. The van der Waals surface area contributed by atoms with Gasteiger partial charge in [0.15, 0.2) is 0 Å². The van der Waals surface area contributed by atoms with E-state index in [0.29, 0.717) is 4.90 Å². The third-order valence-corrected chi connectivity index (χ3v) is 3.21. The van der Waals surface area contributed by atoms with Crippen LogP contribution in [-0.4, -0.2) is 33.7 Å². The van der Waals surface area contributed by atoms with Gasteiger partial charge in [0, 0.05) is 12.1 Å². The Morgan fingerprint density at radius 1 is 1.15 bits per heavy atom. The van der Waals surface area contributed by atoms with E-state index in [4.69, 9.17) is 5.26 Å². The highest BCUT2D eigenvalue weighted by molar-refractivity contribution is 5.78. The van der Waals surface area contributed by atoms with Crippen LogP contribution in [0, 0.1) is 11.3 Å². The van der Waals surface area contributed by atoms with E-state index in [1.807, 2.05) is 0 Å². The van der Waals surface area contributed by atoms with Crippen LogP contribution in [0.15, 0.2) is 28.8 Å². The molecular weight excluding hydrogens is 382 g/mol. The first-order chi connectivity index (χ1) is 12.5. The molecule has 0 saturated carbocycles. The number of amides is 1. The Bertz CT molecular complexity index is 836. The zero-order chi connectivity index (χ0) is 20.2. The number of nitriles is 1. The third-order valence-electron chi connectivity index (χ3n) is 3.21. The third kappa shape index (κ3) is 5.70. The first kappa shape index (κ1) is 20.2. The van der Waals surface area contributed by atoms with Gasteiger partial charge in [0.2, 0.25) is 11.7 Å². The average molecular weight is 392 g/mol. The number of rotatable bonds is 5. The SMILES string of the molecule is N#CCC(=O)N(Cc1ccc(-c2noc(C(F)(F)F)n2)cc1)CC(F)(F)F. The first-order valence-electron chi connectivity index (χ1n) is 7.21. The van der Waals surface area contributed by atoms with E-state index >= 15 is 0 Å². The Morgan fingerprint density at radius 2 is 1.78 bits per heavy atom. The summed E-state index contributed by atoms with van der Waals surface area (Å²) in [5, 5.41) is 11.7. The molecule has 0 spiro atoms. The summed E-state index contributed by atoms with van der Waals surface area (Å²) in [6.07, 6.45) is -10.2. The molecule has 1 aromatic carbocycles. The second-order valence-electron chi connectivity index (χ2n) is 5.32. The normalized spacial score (nSPS) is 11.9. The van der Waals surface area contributed by atoms with Gasteiger partial charge in [0.05, 0.1) is 6.07 Å². The van der Waals surface area contributed by atoms with Gasteiger partial charge < -0.3 is 9.42 Å². The summed E-state index contributed by atoms with van der Waals surface area (Å²) in [6.45, 7) is -1.96. The van der Waals surface area contributed by atoms with Gasteiger partial charge >= 0.3 is 18.2 Å². The van der Waals surface area contributed by atoms with Crippen LogP contribution < -0.4 is 0 Å². The van der Waals surface area contributed by atoms with E-state index in [1.165, 1.54) is 30.3 Å². The molecule has 0 bridgehead atoms. The summed E-state index contributed by atoms with van der Waals surface area (Å²) in [4.78, 5) is 15.3. The van der Waals surface area contributed by atoms with Crippen molar-refractivity contribution in [1.29, 1.82) is 5.26 Å². The molecule has 12 heteroatoms. The van der Waals surface area contributed by atoms with Crippen molar-refractivity contribution in [3.8, 4) is 17.5 Å². The Hall–Kier alpha value is -3.10. The fourth-order valence-corrected chi connectivity index (χ4v) is 2.06. The van der Waals surface area contributed by atoms with Crippen molar-refractivity contribution in [3.63, 3.8) is 0 Å². The lowest BCUT2D eigenvalue weighted by Gasteiger charge is -2.23. The van der Waals surface area contributed by atoms with Crippen LogP contribution >= 0.6 is 0 Å². The Kier molecular flexibility index (Phi) is 5.72. The number of aromatic nitrogens is 2. The summed E-state index contributed by atoms with van der Waals surface area (Å²) < 4.78 is 79.2. The van der Waals surface area contributed by atoms with Crippen molar-refractivity contribution >= 4 is 5.91 Å². The lowest BCUT2D eigenvalue weighted by Crippen LogP contribution is -2.38. The van der Waals surface area contributed by atoms with Gasteiger partial charge in [-0.05, 0) is 5.56 Å². The van der Waals surface area contributed by atoms with Crippen LogP contribution in [-0.2, 0) is 17.5 Å². The number of hydrogen-bond donors (Lipinski definition) is 0. The van der Waals surface area contributed by atoms with E-state index in [0.717, 1.165) is 0 Å². The van der Waals surface area contributed by atoms with Crippen LogP contribution in [0.1, 0.15) is 17.9 Å². The predicted molar refractivity (Wildman–Crippen MR) is 76.4 cm³/mol. The van der Waals surface area contributed by atoms with Gasteiger partial charge in [0.1, 0.15) is 13.0 Å². The average Bonchev–Trinajstić information content (AvgIpc) is 3.04. The highest BCUT2D eigenvalue weighted by Gasteiger charge is 2.38. The zero-order valence-corrected chi connectivity index (χ0v) is 13.3. The molecule has 0 atom stereocenters. The number of carbonyl (C=O) groups excluding carboxylic acids is 1. The number of benzene rings is 1. The molecule has 1 aromatic heterocycles. The van der Waals surface area contributed by atoms with E-state index in [2.05, 4.69) is 14.7 Å². The number of halogens is 6. The van der Waals surface area contributed by atoms with Crippen LogP contribution in [0.5, 0.6) is 0 Å².